The predicted octanol–water partition coefficient (Wildman–Crippen LogP) is 6.01. The summed E-state index contributed by atoms with van der Waals surface area (Å²) in [5.41, 5.74) is 2.76. The maximum absolute atomic E-state index is 13.0. The Morgan fingerprint density at radius 2 is 1.62 bits per heavy atom. The van der Waals surface area contributed by atoms with Gasteiger partial charge in [-0.2, -0.15) is 0 Å². The Morgan fingerprint density at radius 3 is 2.31 bits per heavy atom. The molecule has 0 fully saturated rings. The summed E-state index contributed by atoms with van der Waals surface area (Å²) in [6.45, 7) is 2.19. The topological polar surface area (TPSA) is 48.7 Å². The first-order valence-electron chi connectivity index (χ1n) is 9.14. The van der Waals surface area contributed by atoms with Gasteiger partial charge in [-0.05, 0) is 54.4 Å². The van der Waals surface area contributed by atoms with E-state index < -0.39 is 0 Å². The van der Waals surface area contributed by atoms with Crippen LogP contribution in [0.1, 0.15) is 11.3 Å². The van der Waals surface area contributed by atoms with Crippen molar-refractivity contribution in [3.05, 3.63) is 93.3 Å². The molecule has 4 aromatic rings. The Bertz CT molecular complexity index is 1210. The second-order valence-corrected chi connectivity index (χ2v) is 7.10. The molecule has 4 rings (SSSR count). The van der Waals surface area contributed by atoms with Crippen LogP contribution in [0.2, 0.25) is 5.02 Å². The summed E-state index contributed by atoms with van der Waals surface area (Å²) in [6.07, 6.45) is 0. The molecule has 0 spiro atoms. The normalized spacial score (nSPS) is 10.9. The van der Waals surface area contributed by atoms with Crippen molar-refractivity contribution >= 4 is 22.6 Å². The zero-order chi connectivity index (χ0) is 20.4. The summed E-state index contributed by atoms with van der Waals surface area (Å²) in [7, 11) is 1.63. The van der Waals surface area contributed by atoms with Crippen LogP contribution < -0.4 is 14.9 Å². The van der Waals surface area contributed by atoms with Gasteiger partial charge in [0.2, 0.25) is 5.43 Å². The van der Waals surface area contributed by atoms with E-state index in [1.54, 1.807) is 44.4 Å². The largest absolute Gasteiger partial charge is 0.497 e. The molecule has 0 atom stereocenters. The van der Waals surface area contributed by atoms with Gasteiger partial charge in [0.15, 0.2) is 0 Å². The molecule has 146 valence electrons. The van der Waals surface area contributed by atoms with E-state index in [0.717, 1.165) is 16.9 Å². The first-order valence-corrected chi connectivity index (χ1v) is 9.52. The monoisotopic (exact) mass is 406 g/mol. The molecule has 3 aromatic carbocycles. The van der Waals surface area contributed by atoms with E-state index in [-0.39, 0.29) is 5.43 Å². The predicted molar refractivity (Wildman–Crippen MR) is 115 cm³/mol. The minimum Gasteiger partial charge on any atom is -0.497 e. The molecular formula is C24H19ClO4. The lowest BCUT2D eigenvalue weighted by Gasteiger charge is -2.10. The van der Waals surface area contributed by atoms with Crippen LogP contribution in [0.5, 0.6) is 11.5 Å². The molecule has 0 saturated heterocycles. The molecule has 5 heteroatoms. The van der Waals surface area contributed by atoms with Crippen molar-refractivity contribution in [3.8, 4) is 22.6 Å². The van der Waals surface area contributed by atoms with Crippen LogP contribution in [0.3, 0.4) is 0 Å². The molecular weight excluding hydrogens is 388 g/mol. The molecule has 0 aliphatic rings. The highest BCUT2D eigenvalue weighted by molar-refractivity contribution is 6.30. The van der Waals surface area contributed by atoms with Gasteiger partial charge in [0.25, 0.3) is 0 Å². The van der Waals surface area contributed by atoms with Crippen LogP contribution in [0.4, 0.5) is 0 Å². The van der Waals surface area contributed by atoms with Crippen LogP contribution in [0.15, 0.2) is 75.9 Å². The summed E-state index contributed by atoms with van der Waals surface area (Å²) in [4.78, 5) is 13.0. The van der Waals surface area contributed by atoms with E-state index >= 15 is 0 Å². The molecule has 0 unspecified atom stereocenters. The van der Waals surface area contributed by atoms with E-state index in [2.05, 4.69) is 0 Å². The van der Waals surface area contributed by atoms with Crippen molar-refractivity contribution in [2.24, 2.45) is 0 Å². The van der Waals surface area contributed by atoms with E-state index in [0.29, 0.717) is 39.7 Å². The number of methoxy groups -OCH3 is 1. The summed E-state index contributed by atoms with van der Waals surface area (Å²) in [6, 6.07) is 20.1. The zero-order valence-electron chi connectivity index (χ0n) is 16.1. The minimum atomic E-state index is -0.0761. The van der Waals surface area contributed by atoms with Gasteiger partial charge in [0.1, 0.15) is 29.4 Å². The quantitative estimate of drug-likeness (QED) is 0.407. The second-order valence-electron chi connectivity index (χ2n) is 6.66. The SMILES string of the molecule is COc1ccc(COc2ccc3c(=O)c(-c4ccc(Cl)cc4)c(C)oc3c2)cc1. The Labute approximate surface area is 173 Å². The summed E-state index contributed by atoms with van der Waals surface area (Å²) in [5, 5.41) is 1.13. The standard InChI is InChI=1S/C24H19ClO4/c1-15-23(17-5-7-18(25)8-6-17)24(26)21-12-11-20(13-22(21)29-15)28-14-16-3-9-19(27-2)10-4-16/h3-13H,14H2,1-2H3. The van der Waals surface area contributed by atoms with Gasteiger partial charge >= 0.3 is 0 Å². The second kappa shape index (κ2) is 8.02. The maximum atomic E-state index is 13.0. The van der Waals surface area contributed by atoms with Gasteiger partial charge < -0.3 is 13.9 Å². The van der Waals surface area contributed by atoms with Crippen LogP contribution in [-0.4, -0.2) is 7.11 Å². The summed E-state index contributed by atoms with van der Waals surface area (Å²) in [5.74, 6) is 1.99. The molecule has 0 saturated carbocycles. The van der Waals surface area contributed by atoms with Gasteiger partial charge in [-0.1, -0.05) is 35.9 Å². The Kier molecular flexibility index (Phi) is 5.28. The van der Waals surface area contributed by atoms with Gasteiger partial charge in [-0.3, -0.25) is 4.79 Å². The molecule has 29 heavy (non-hydrogen) atoms. The van der Waals surface area contributed by atoms with E-state index in [1.807, 2.05) is 36.4 Å². The zero-order valence-corrected chi connectivity index (χ0v) is 16.8. The molecule has 0 aliphatic heterocycles. The van der Waals surface area contributed by atoms with Crippen LogP contribution in [0.25, 0.3) is 22.1 Å². The Morgan fingerprint density at radius 1 is 0.931 bits per heavy atom. The third-order valence-corrected chi connectivity index (χ3v) is 4.99. The van der Waals surface area contributed by atoms with Gasteiger partial charge in [-0.25, -0.2) is 0 Å². The molecule has 1 aromatic heterocycles. The summed E-state index contributed by atoms with van der Waals surface area (Å²) < 4.78 is 17.0. The number of halogens is 1. The van der Waals surface area contributed by atoms with Crippen molar-refractivity contribution in [2.45, 2.75) is 13.5 Å². The minimum absolute atomic E-state index is 0.0761. The number of ether oxygens (including phenoxy) is 2. The van der Waals surface area contributed by atoms with Gasteiger partial charge in [-0.15, -0.1) is 0 Å². The number of rotatable bonds is 5. The van der Waals surface area contributed by atoms with Crippen molar-refractivity contribution in [2.75, 3.05) is 7.11 Å². The molecule has 1 heterocycles. The highest BCUT2D eigenvalue weighted by atomic mass is 35.5. The fourth-order valence-corrected chi connectivity index (χ4v) is 3.34. The lowest BCUT2D eigenvalue weighted by molar-refractivity contribution is 0.306. The molecule has 4 nitrogen and oxygen atoms in total. The smallest absolute Gasteiger partial charge is 0.200 e. The Balaban J connectivity index is 1.63. The summed E-state index contributed by atoms with van der Waals surface area (Å²) >= 11 is 5.96. The maximum Gasteiger partial charge on any atom is 0.200 e. The van der Waals surface area contributed by atoms with Crippen LogP contribution >= 0.6 is 11.6 Å². The van der Waals surface area contributed by atoms with Crippen LogP contribution in [-0.2, 0) is 6.61 Å². The van der Waals surface area contributed by atoms with Crippen LogP contribution in [0, 0.1) is 6.92 Å². The fourth-order valence-electron chi connectivity index (χ4n) is 3.21. The molecule has 0 radical (unpaired) electrons. The highest BCUT2D eigenvalue weighted by Crippen LogP contribution is 2.27. The van der Waals surface area contributed by atoms with E-state index in [9.17, 15) is 4.79 Å². The number of aryl methyl sites for hydroxylation is 1. The van der Waals surface area contributed by atoms with Crippen molar-refractivity contribution < 1.29 is 13.9 Å². The fraction of sp³-hybridized carbons (Fsp3) is 0.125. The third-order valence-electron chi connectivity index (χ3n) is 4.74. The van der Waals surface area contributed by atoms with Gasteiger partial charge in [0.05, 0.1) is 18.1 Å². The van der Waals surface area contributed by atoms with Gasteiger partial charge in [0, 0.05) is 11.1 Å². The molecule has 0 N–H and O–H groups in total. The lowest BCUT2D eigenvalue weighted by atomic mass is 10.0. The first kappa shape index (κ1) is 19.1. The molecule has 0 bridgehead atoms. The van der Waals surface area contributed by atoms with Crippen molar-refractivity contribution in [1.29, 1.82) is 0 Å². The molecule has 0 amide bonds. The average Bonchev–Trinajstić information content (AvgIpc) is 2.73. The van der Waals surface area contributed by atoms with E-state index in [4.69, 9.17) is 25.5 Å². The van der Waals surface area contributed by atoms with Crippen molar-refractivity contribution in [3.63, 3.8) is 0 Å². The number of benzene rings is 3. The lowest BCUT2D eigenvalue weighted by Crippen LogP contribution is -2.07. The Hall–Kier alpha value is -3.24. The number of hydrogen-bond acceptors (Lipinski definition) is 4. The molecule has 0 aliphatic carbocycles. The first-order chi connectivity index (χ1) is 14.0. The highest BCUT2D eigenvalue weighted by Gasteiger charge is 2.14. The van der Waals surface area contributed by atoms with Crippen molar-refractivity contribution in [1.82, 2.24) is 0 Å². The third kappa shape index (κ3) is 3.98. The number of hydrogen-bond donors (Lipinski definition) is 0. The average molecular weight is 407 g/mol. The number of fused-ring (bicyclic) bond motifs is 1. The van der Waals surface area contributed by atoms with E-state index in [1.165, 1.54) is 0 Å².